The Hall–Kier alpha value is -2.51. The maximum atomic E-state index is 13.4. The summed E-state index contributed by atoms with van der Waals surface area (Å²) in [6, 6.07) is 15.4. The molecule has 0 aromatic heterocycles. The van der Waals surface area contributed by atoms with Gasteiger partial charge in [-0.2, -0.15) is 0 Å². The fourth-order valence-electron chi connectivity index (χ4n) is 3.65. The minimum atomic E-state index is -1.97. The Morgan fingerprint density at radius 3 is 2.44 bits per heavy atom. The van der Waals surface area contributed by atoms with Crippen molar-refractivity contribution in [2.75, 3.05) is 6.61 Å². The van der Waals surface area contributed by atoms with E-state index in [4.69, 9.17) is 9.16 Å². The minimum absolute atomic E-state index is 0.171. The van der Waals surface area contributed by atoms with Crippen molar-refractivity contribution in [3.05, 3.63) is 71.5 Å². The molecule has 1 heterocycles. The van der Waals surface area contributed by atoms with Gasteiger partial charge >= 0.3 is 6.09 Å². The third-order valence-corrected chi connectivity index (χ3v) is 9.93. The molecule has 2 atom stereocenters. The van der Waals surface area contributed by atoms with Crippen molar-refractivity contribution >= 4 is 20.3 Å². The fourth-order valence-corrected chi connectivity index (χ4v) is 4.91. The third kappa shape index (κ3) is 5.84. The Balaban J connectivity index is 1.67. The van der Waals surface area contributed by atoms with Gasteiger partial charge in [0.2, 0.25) is 5.91 Å². The first kappa shape index (κ1) is 24.1. The number of hydrogen-bond donors (Lipinski definition) is 0. The molecule has 2 aromatic rings. The molecule has 0 radical (unpaired) electrons. The van der Waals surface area contributed by atoms with Crippen LogP contribution >= 0.6 is 0 Å². The van der Waals surface area contributed by atoms with Gasteiger partial charge in [-0.1, -0.05) is 56.3 Å². The number of cyclic esters (lactones) is 1. The SMILES string of the molecule is CC(C)[Si](C)(C)OC(CCCC(=O)N1C(=O)OCC1c1ccccc1)c1ccc(F)cc1. The molecular formula is C25H32FNO4Si. The van der Waals surface area contributed by atoms with E-state index in [1.807, 2.05) is 30.3 Å². The van der Waals surface area contributed by atoms with Gasteiger partial charge in [-0.25, -0.2) is 14.1 Å². The molecule has 0 aliphatic carbocycles. The van der Waals surface area contributed by atoms with Gasteiger partial charge in [-0.05, 0) is 54.7 Å². The standard InChI is InChI=1S/C25H32FNO4Si/c1-18(2)32(3,4)31-23(20-13-15-21(26)16-14-20)11-8-12-24(28)27-22(17-30-25(27)29)19-9-6-5-7-10-19/h5-7,9-10,13-16,18,22-23H,8,11-12,17H2,1-4H3. The van der Waals surface area contributed by atoms with Gasteiger partial charge < -0.3 is 9.16 Å². The normalized spacial score (nSPS) is 17.5. The van der Waals surface area contributed by atoms with Crippen molar-refractivity contribution in [1.82, 2.24) is 4.90 Å². The van der Waals surface area contributed by atoms with Crippen LogP contribution in [0.25, 0.3) is 0 Å². The number of nitrogens with zero attached hydrogens (tertiary/aromatic N) is 1. The molecule has 2 amide bonds. The van der Waals surface area contributed by atoms with Gasteiger partial charge in [-0.15, -0.1) is 0 Å². The predicted octanol–water partition coefficient (Wildman–Crippen LogP) is 6.39. The first-order chi connectivity index (χ1) is 15.2. The summed E-state index contributed by atoms with van der Waals surface area (Å²) in [5.74, 6) is -0.540. The first-order valence-electron chi connectivity index (χ1n) is 11.2. The van der Waals surface area contributed by atoms with E-state index in [1.165, 1.54) is 17.0 Å². The zero-order chi connectivity index (χ0) is 23.3. The van der Waals surface area contributed by atoms with Crippen LogP contribution in [0.3, 0.4) is 0 Å². The van der Waals surface area contributed by atoms with Crippen molar-refractivity contribution in [1.29, 1.82) is 0 Å². The molecule has 2 unspecified atom stereocenters. The van der Waals surface area contributed by atoms with E-state index in [-0.39, 0.29) is 30.9 Å². The molecule has 2 aromatic carbocycles. The van der Waals surface area contributed by atoms with Gasteiger partial charge in [0.05, 0.1) is 6.10 Å². The van der Waals surface area contributed by atoms with Crippen LogP contribution in [0.1, 0.15) is 56.4 Å². The first-order valence-corrected chi connectivity index (χ1v) is 14.1. The number of hydrogen-bond acceptors (Lipinski definition) is 4. The van der Waals surface area contributed by atoms with Crippen LogP contribution in [0, 0.1) is 5.82 Å². The number of amides is 2. The highest BCUT2D eigenvalue weighted by Crippen LogP contribution is 2.33. The van der Waals surface area contributed by atoms with Crippen LogP contribution in [-0.2, 0) is 14.0 Å². The number of benzene rings is 2. The van der Waals surface area contributed by atoms with E-state index in [1.54, 1.807) is 12.1 Å². The van der Waals surface area contributed by atoms with Crippen molar-refractivity contribution in [3.8, 4) is 0 Å². The molecule has 0 N–H and O–H groups in total. The minimum Gasteiger partial charge on any atom is -0.446 e. The van der Waals surface area contributed by atoms with Crippen LogP contribution in [0.4, 0.5) is 9.18 Å². The predicted molar refractivity (Wildman–Crippen MR) is 124 cm³/mol. The monoisotopic (exact) mass is 457 g/mol. The smallest absolute Gasteiger partial charge is 0.417 e. The van der Waals surface area contributed by atoms with Gasteiger partial charge in [0.25, 0.3) is 0 Å². The van der Waals surface area contributed by atoms with Crippen LogP contribution in [0.5, 0.6) is 0 Å². The summed E-state index contributed by atoms with van der Waals surface area (Å²) in [5, 5.41) is 0. The molecule has 3 rings (SSSR count). The van der Waals surface area contributed by atoms with E-state index in [0.717, 1.165) is 11.1 Å². The van der Waals surface area contributed by atoms with E-state index >= 15 is 0 Å². The Bertz CT molecular complexity index is 917. The van der Waals surface area contributed by atoms with Crippen LogP contribution in [-0.4, -0.2) is 31.8 Å². The molecule has 32 heavy (non-hydrogen) atoms. The van der Waals surface area contributed by atoms with E-state index in [9.17, 15) is 14.0 Å². The molecule has 5 nitrogen and oxygen atoms in total. The number of carbonyl (C=O) groups excluding carboxylic acids is 2. The molecule has 0 bridgehead atoms. The number of halogens is 1. The molecule has 7 heteroatoms. The van der Waals surface area contributed by atoms with Crippen LogP contribution in [0.15, 0.2) is 54.6 Å². The Labute approximate surface area is 190 Å². The lowest BCUT2D eigenvalue weighted by atomic mass is 10.0. The number of rotatable bonds is 9. The van der Waals surface area contributed by atoms with Crippen molar-refractivity contribution in [3.63, 3.8) is 0 Å². The topological polar surface area (TPSA) is 55.8 Å². The molecule has 172 valence electrons. The summed E-state index contributed by atoms with van der Waals surface area (Å²) < 4.78 is 25.1. The molecule has 1 fully saturated rings. The number of carbonyl (C=O) groups is 2. The molecular weight excluding hydrogens is 425 g/mol. The maximum Gasteiger partial charge on any atom is 0.417 e. The van der Waals surface area contributed by atoms with Crippen molar-refractivity contribution in [2.45, 2.75) is 63.9 Å². The largest absolute Gasteiger partial charge is 0.446 e. The third-order valence-electron chi connectivity index (χ3n) is 6.26. The molecule has 0 saturated carbocycles. The molecule has 1 aliphatic rings. The second-order valence-electron chi connectivity index (χ2n) is 9.08. The second-order valence-corrected chi connectivity index (χ2v) is 13.7. The Morgan fingerprint density at radius 1 is 1.16 bits per heavy atom. The van der Waals surface area contributed by atoms with E-state index in [0.29, 0.717) is 18.4 Å². The summed E-state index contributed by atoms with van der Waals surface area (Å²) in [7, 11) is -1.97. The Morgan fingerprint density at radius 2 is 1.81 bits per heavy atom. The lowest BCUT2D eigenvalue weighted by Crippen LogP contribution is -2.36. The fraction of sp³-hybridized carbons (Fsp3) is 0.440. The van der Waals surface area contributed by atoms with Crippen molar-refractivity contribution < 1.29 is 23.1 Å². The van der Waals surface area contributed by atoms with Crippen molar-refractivity contribution in [2.24, 2.45) is 0 Å². The molecule has 1 saturated heterocycles. The zero-order valence-electron chi connectivity index (χ0n) is 19.2. The lowest BCUT2D eigenvalue weighted by molar-refractivity contribution is -0.129. The zero-order valence-corrected chi connectivity index (χ0v) is 20.2. The van der Waals surface area contributed by atoms with Gasteiger partial charge in [0.1, 0.15) is 18.5 Å². The maximum absolute atomic E-state index is 13.4. The summed E-state index contributed by atoms with van der Waals surface area (Å²) in [4.78, 5) is 26.4. The lowest BCUT2D eigenvalue weighted by Gasteiger charge is -2.33. The average molecular weight is 458 g/mol. The van der Waals surface area contributed by atoms with Gasteiger partial charge in [0.15, 0.2) is 8.32 Å². The van der Waals surface area contributed by atoms with E-state index < -0.39 is 20.5 Å². The summed E-state index contributed by atoms with van der Waals surface area (Å²) in [5.41, 5.74) is 2.20. The highest BCUT2D eigenvalue weighted by molar-refractivity contribution is 6.72. The highest BCUT2D eigenvalue weighted by atomic mass is 28.4. The van der Waals surface area contributed by atoms with E-state index in [2.05, 4.69) is 26.9 Å². The average Bonchev–Trinajstić information content (AvgIpc) is 3.15. The quantitative estimate of drug-likeness (QED) is 0.410. The van der Waals surface area contributed by atoms with Crippen LogP contribution < -0.4 is 0 Å². The Kier molecular flexibility index (Phi) is 7.85. The number of ether oxygens (including phenoxy) is 1. The van der Waals surface area contributed by atoms with Gasteiger partial charge in [0, 0.05) is 6.42 Å². The summed E-state index contributed by atoms with van der Waals surface area (Å²) >= 11 is 0. The summed E-state index contributed by atoms with van der Waals surface area (Å²) in [6.45, 7) is 8.82. The molecule has 0 spiro atoms. The van der Waals surface area contributed by atoms with Crippen LogP contribution in [0.2, 0.25) is 18.6 Å². The van der Waals surface area contributed by atoms with Gasteiger partial charge in [-0.3, -0.25) is 4.79 Å². The molecule has 1 aliphatic heterocycles. The second kappa shape index (κ2) is 10.4. The highest BCUT2D eigenvalue weighted by Gasteiger charge is 2.38. The summed E-state index contributed by atoms with van der Waals surface area (Å²) in [6.07, 6.45) is 0.559. The number of imide groups is 1.